The molecule has 0 fully saturated rings. The summed E-state index contributed by atoms with van der Waals surface area (Å²) in [4.78, 5) is 14.1. The number of esters is 1. The molecule has 7 heteroatoms. The molecule has 1 N–H and O–H groups in total. The molecule has 140 valence electrons. The monoisotopic (exact) mass is 393 g/mol. The van der Waals surface area contributed by atoms with Crippen LogP contribution in [0.3, 0.4) is 0 Å². The maximum atomic E-state index is 12.5. The Balaban J connectivity index is 2.05. The van der Waals surface area contributed by atoms with Gasteiger partial charge in [-0.25, -0.2) is 8.42 Å². The summed E-state index contributed by atoms with van der Waals surface area (Å²) in [7, 11) is -3.81. The van der Waals surface area contributed by atoms with E-state index in [1.54, 1.807) is 44.7 Å². The highest BCUT2D eigenvalue weighted by Gasteiger charge is 2.26. The predicted octanol–water partition coefficient (Wildman–Crippen LogP) is 3.85. The van der Waals surface area contributed by atoms with Gasteiger partial charge in [-0.15, -0.1) is 0 Å². The molecule has 0 saturated heterocycles. The number of nitrogens with one attached hydrogen (secondary N) is 1. The minimum absolute atomic E-state index is 0.102. The molecule has 1 atom stereocenters. The van der Waals surface area contributed by atoms with Crippen LogP contribution in [0.25, 0.3) is 0 Å². The van der Waals surface area contributed by atoms with E-state index in [1.165, 1.54) is 19.1 Å². The molecule has 2 rings (SSSR count). The SMILES string of the molecule is C[C@H](NS(=O)(=O)c1ccc(Sc2ccccc2)cc1)C(=O)OC(C)(C)C. The summed E-state index contributed by atoms with van der Waals surface area (Å²) in [6.45, 7) is 6.66. The van der Waals surface area contributed by atoms with E-state index >= 15 is 0 Å². The normalized spacial score (nSPS) is 13.2. The lowest BCUT2D eigenvalue weighted by Crippen LogP contribution is -2.42. The highest BCUT2D eigenvalue weighted by atomic mass is 32.2. The Bertz CT molecular complexity index is 841. The lowest BCUT2D eigenvalue weighted by atomic mass is 10.2. The second kappa shape index (κ2) is 8.24. The van der Waals surface area contributed by atoms with Crippen LogP contribution in [-0.2, 0) is 19.6 Å². The first-order valence-electron chi connectivity index (χ1n) is 8.15. The van der Waals surface area contributed by atoms with Crippen molar-refractivity contribution in [3.63, 3.8) is 0 Å². The Kier molecular flexibility index (Phi) is 6.49. The van der Waals surface area contributed by atoms with Crippen LogP contribution in [0.5, 0.6) is 0 Å². The fourth-order valence-corrected chi connectivity index (χ4v) is 4.08. The zero-order chi connectivity index (χ0) is 19.4. The molecular formula is C19H23NO4S2. The Morgan fingerprint density at radius 3 is 2.08 bits per heavy atom. The topological polar surface area (TPSA) is 72.5 Å². The third-order valence-corrected chi connectivity index (χ3v) is 5.78. The van der Waals surface area contributed by atoms with E-state index in [0.29, 0.717) is 0 Å². The van der Waals surface area contributed by atoms with E-state index in [-0.39, 0.29) is 4.90 Å². The van der Waals surface area contributed by atoms with Crippen molar-refractivity contribution in [3.8, 4) is 0 Å². The van der Waals surface area contributed by atoms with Gasteiger partial charge in [-0.2, -0.15) is 4.72 Å². The van der Waals surface area contributed by atoms with Crippen LogP contribution >= 0.6 is 11.8 Å². The summed E-state index contributed by atoms with van der Waals surface area (Å²) in [5.41, 5.74) is -0.674. The number of carbonyl (C=O) groups excluding carboxylic acids is 1. The standard InChI is InChI=1S/C19H23NO4S2/c1-14(18(21)24-19(2,3)4)20-26(22,23)17-12-10-16(11-13-17)25-15-8-6-5-7-9-15/h5-14,20H,1-4H3/t14-/m0/s1. The van der Waals surface area contributed by atoms with Crippen LogP contribution in [0.2, 0.25) is 0 Å². The Morgan fingerprint density at radius 1 is 1.00 bits per heavy atom. The van der Waals surface area contributed by atoms with Crippen LogP contribution in [0.15, 0.2) is 69.3 Å². The molecule has 0 aliphatic heterocycles. The fraction of sp³-hybridized carbons (Fsp3) is 0.316. The summed E-state index contributed by atoms with van der Waals surface area (Å²) in [6.07, 6.45) is 0. The van der Waals surface area contributed by atoms with Gasteiger partial charge in [0.05, 0.1) is 4.90 Å². The lowest BCUT2D eigenvalue weighted by molar-refractivity contribution is -0.156. The van der Waals surface area contributed by atoms with Gasteiger partial charge >= 0.3 is 5.97 Å². The molecule has 0 aromatic heterocycles. The molecular weight excluding hydrogens is 370 g/mol. The molecule has 0 radical (unpaired) electrons. The average Bonchev–Trinajstić information content (AvgIpc) is 2.54. The van der Waals surface area contributed by atoms with E-state index in [1.807, 2.05) is 30.3 Å². The summed E-state index contributed by atoms with van der Waals surface area (Å²) >= 11 is 1.54. The molecule has 0 heterocycles. The molecule has 0 bridgehead atoms. The highest BCUT2D eigenvalue weighted by Crippen LogP contribution is 2.28. The quantitative estimate of drug-likeness (QED) is 0.755. The number of ether oxygens (including phenoxy) is 1. The number of benzene rings is 2. The Hall–Kier alpha value is -1.83. The van der Waals surface area contributed by atoms with Crippen molar-refractivity contribution in [2.45, 2.75) is 54.0 Å². The van der Waals surface area contributed by atoms with Crippen molar-refractivity contribution in [2.75, 3.05) is 0 Å². The van der Waals surface area contributed by atoms with Crippen molar-refractivity contribution >= 4 is 27.8 Å². The van der Waals surface area contributed by atoms with Gasteiger partial charge in [0.25, 0.3) is 0 Å². The smallest absolute Gasteiger partial charge is 0.324 e. The number of rotatable bonds is 6. The number of hydrogen-bond donors (Lipinski definition) is 1. The van der Waals surface area contributed by atoms with Gasteiger partial charge in [-0.3, -0.25) is 4.79 Å². The number of hydrogen-bond acceptors (Lipinski definition) is 5. The van der Waals surface area contributed by atoms with Gasteiger partial charge in [0, 0.05) is 9.79 Å². The summed E-state index contributed by atoms with van der Waals surface area (Å²) in [6, 6.07) is 15.4. The minimum atomic E-state index is -3.81. The first-order valence-corrected chi connectivity index (χ1v) is 10.4. The van der Waals surface area contributed by atoms with Crippen LogP contribution in [-0.4, -0.2) is 26.0 Å². The molecule has 0 unspecified atom stereocenters. The summed E-state index contributed by atoms with van der Waals surface area (Å²) in [5.74, 6) is -0.614. The summed E-state index contributed by atoms with van der Waals surface area (Å²) < 4.78 is 32.5. The van der Waals surface area contributed by atoms with Crippen molar-refractivity contribution in [2.24, 2.45) is 0 Å². The largest absolute Gasteiger partial charge is 0.459 e. The van der Waals surface area contributed by atoms with Crippen molar-refractivity contribution in [1.82, 2.24) is 4.72 Å². The molecule has 5 nitrogen and oxygen atoms in total. The van der Waals surface area contributed by atoms with E-state index in [2.05, 4.69) is 4.72 Å². The predicted molar refractivity (Wildman–Crippen MR) is 103 cm³/mol. The van der Waals surface area contributed by atoms with Crippen molar-refractivity contribution in [3.05, 3.63) is 54.6 Å². The van der Waals surface area contributed by atoms with Crippen LogP contribution < -0.4 is 4.72 Å². The highest BCUT2D eigenvalue weighted by molar-refractivity contribution is 7.99. The maximum absolute atomic E-state index is 12.5. The third-order valence-electron chi connectivity index (χ3n) is 3.21. The average molecular weight is 394 g/mol. The maximum Gasteiger partial charge on any atom is 0.324 e. The van der Waals surface area contributed by atoms with Gasteiger partial charge in [-0.05, 0) is 64.1 Å². The third kappa shape index (κ3) is 6.16. The van der Waals surface area contributed by atoms with Gasteiger partial charge in [0.15, 0.2) is 0 Å². The number of carbonyl (C=O) groups is 1. The lowest BCUT2D eigenvalue weighted by Gasteiger charge is -2.22. The van der Waals surface area contributed by atoms with Crippen LogP contribution in [0.4, 0.5) is 0 Å². The molecule has 0 amide bonds. The van der Waals surface area contributed by atoms with Crippen LogP contribution in [0, 0.1) is 0 Å². The van der Waals surface area contributed by atoms with E-state index < -0.39 is 27.6 Å². The zero-order valence-corrected chi connectivity index (χ0v) is 16.9. The van der Waals surface area contributed by atoms with Gasteiger partial charge in [0.2, 0.25) is 10.0 Å². The van der Waals surface area contributed by atoms with Gasteiger partial charge in [0.1, 0.15) is 11.6 Å². The van der Waals surface area contributed by atoms with Crippen molar-refractivity contribution < 1.29 is 17.9 Å². The van der Waals surface area contributed by atoms with Gasteiger partial charge < -0.3 is 4.74 Å². The molecule has 26 heavy (non-hydrogen) atoms. The second-order valence-electron chi connectivity index (χ2n) is 6.76. The van der Waals surface area contributed by atoms with Crippen molar-refractivity contribution in [1.29, 1.82) is 0 Å². The van der Waals surface area contributed by atoms with E-state index in [9.17, 15) is 13.2 Å². The zero-order valence-electron chi connectivity index (χ0n) is 15.2. The Morgan fingerprint density at radius 2 is 1.54 bits per heavy atom. The molecule has 2 aromatic rings. The van der Waals surface area contributed by atoms with Crippen LogP contribution in [0.1, 0.15) is 27.7 Å². The second-order valence-corrected chi connectivity index (χ2v) is 9.62. The fourth-order valence-electron chi connectivity index (χ4n) is 2.05. The van der Waals surface area contributed by atoms with E-state index in [4.69, 9.17) is 4.74 Å². The number of sulfonamides is 1. The first-order chi connectivity index (χ1) is 12.1. The molecule has 0 spiro atoms. The molecule has 0 aliphatic rings. The molecule has 2 aromatic carbocycles. The minimum Gasteiger partial charge on any atom is -0.459 e. The summed E-state index contributed by atoms with van der Waals surface area (Å²) in [5, 5.41) is 0. The Labute approximate surface area is 159 Å². The molecule has 0 saturated carbocycles. The first kappa shape index (κ1) is 20.5. The molecule has 0 aliphatic carbocycles. The van der Waals surface area contributed by atoms with Gasteiger partial charge in [-0.1, -0.05) is 30.0 Å². The van der Waals surface area contributed by atoms with E-state index in [0.717, 1.165) is 9.79 Å².